The van der Waals surface area contributed by atoms with Crippen LogP contribution in [0, 0.1) is 12.8 Å². The van der Waals surface area contributed by atoms with Gasteiger partial charge in [0.15, 0.2) is 11.5 Å². The molecule has 43 heavy (non-hydrogen) atoms. The predicted octanol–water partition coefficient (Wildman–Crippen LogP) is 5.51. The van der Waals surface area contributed by atoms with Crippen molar-refractivity contribution in [1.29, 1.82) is 0 Å². The molecule has 6 rings (SSSR count). The first-order valence-corrected chi connectivity index (χ1v) is 15.3. The number of fused-ring (bicyclic) bond motifs is 1. The number of carboxylic acids is 1. The molecule has 1 saturated carbocycles. The highest BCUT2D eigenvalue weighted by molar-refractivity contribution is 6.30. The van der Waals surface area contributed by atoms with E-state index in [1.807, 2.05) is 43.3 Å². The van der Waals surface area contributed by atoms with E-state index in [0.717, 1.165) is 68.8 Å². The maximum Gasteiger partial charge on any atom is 0.374 e. The van der Waals surface area contributed by atoms with E-state index in [2.05, 4.69) is 37.7 Å². The maximum atomic E-state index is 12.0. The second-order valence-electron chi connectivity index (χ2n) is 11.4. The molecule has 1 unspecified atom stereocenters. The highest BCUT2D eigenvalue weighted by Crippen LogP contribution is 2.37. The molecule has 0 radical (unpaired) electrons. The van der Waals surface area contributed by atoms with E-state index in [1.54, 1.807) is 0 Å². The van der Waals surface area contributed by atoms with Crippen molar-refractivity contribution in [3.8, 4) is 17.1 Å². The largest absolute Gasteiger partial charge is 0.493 e. The number of halogens is 1. The van der Waals surface area contributed by atoms with Crippen molar-refractivity contribution in [2.24, 2.45) is 5.92 Å². The van der Waals surface area contributed by atoms with Crippen LogP contribution in [0.1, 0.15) is 47.9 Å². The number of benzene rings is 2. The van der Waals surface area contributed by atoms with Crippen molar-refractivity contribution in [3.05, 3.63) is 64.4 Å². The Kier molecular flexibility index (Phi) is 8.78. The van der Waals surface area contributed by atoms with Crippen LogP contribution in [-0.4, -0.2) is 81.0 Å². The summed E-state index contributed by atoms with van der Waals surface area (Å²) in [5, 5.41) is 14.0. The third-order valence-corrected chi connectivity index (χ3v) is 8.35. The van der Waals surface area contributed by atoms with Gasteiger partial charge in [-0.05, 0) is 68.9 Å². The monoisotopic (exact) mass is 604 g/mol. The molecule has 1 aliphatic carbocycles. The summed E-state index contributed by atoms with van der Waals surface area (Å²) in [7, 11) is 0. The predicted molar refractivity (Wildman–Crippen MR) is 166 cm³/mol. The van der Waals surface area contributed by atoms with Crippen molar-refractivity contribution in [1.82, 2.24) is 24.4 Å². The first-order valence-electron chi connectivity index (χ1n) is 14.9. The lowest BCUT2D eigenvalue weighted by Crippen LogP contribution is -2.37. The van der Waals surface area contributed by atoms with Crippen molar-refractivity contribution in [3.63, 3.8) is 0 Å². The smallest absolute Gasteiger partial charge is 0.374 e. The number of carbonyl (C=O) groups is 1. The zero-order chi connectivity index (χ0) is 29.9. The molecule has 4 aromatic rings. The van der Waals surface area contributed by atoms with Crippen LogP contribution in [0.5, 0.6) is 5.75 Å². The normalized spacial score (nSPS) is 16.3. The number of rotatable bonds is 12. The Balaban J connectivity index is 1.41. The molecule has 1 atom stereocenters. The fourth-order valence-corrected chi connectivity index (χ4v) is 5.66. The molecule has 0 spiro atoms. The van der Waals surface area contributed by atoms with Crippen LogP contribution in [0.15, 0.2) is 42.5 Å². The van der Waals surface area contributed by atoms with Crippen molar-refractivity contribution in [2.75, 3.05) is 44.8 Å². The lowest BCUT2D eigenvalue weighted by molar-refractivity contribution is 0.0358. The van der Waals surface area contributed by atoms with Crippen molar-refractivity contribution in [2.45, 2.75) is 45.7 Å². The summed E-state index contributed by atoms with van der Waals surface area (Å²) >= 11 is 6.20. The Morgan fingerprint density at radius 3 is 2.63 bits per heavy atom. The number of carboxylic acid groups (broad SMARTS) is 1. The van der Waals surface area contributed by atoms with Crippen molar-refractivity contribution < 1.29 is 19.4 Å². The zero-order valence-electron chi connectivity index (χ0n) is 24.6. The van der Waals surface area contributed by atoms with Gasteiger partial charge in [0.2, 0.25) is 5.82 Å². The second kappa shape index (κ2) is 12.9. The lowest BCUT2D eigenvalue weighted by Gasteiger charge is -2.26. The summed E-state index contributed by atoms with van der Waals surface area (Å²) in [6.45, 7) is 9.53. The zero-order valence-corrected chi connectivity index (χ0v) is 25.3. The van der Waals surface area contributed by atoms with E-state index in [9.17, 15) is 9.90 Å². The quantitative estimate of drug-likeness (QED) is 0.202. The van der Waals surface area contributed by atoms with Gasteiger partial charge in [-0.25, -0.2) is 19.7 Å². The summed E-state index contributed by atoms with van der Waals surface area (Å²) in [5.41, 5.74) is 3.85. The molecule has 2 aromatic carbocycles. The molecule has 2 aromatic heterocycles. The lowest BCUT2D eigenvalue weighted by atomic mass is 10.1. The maximum absolute atomic E-state index is 12.0. The van der Waals surface area contributed by atoms with Gasteiger partial charge in [-0.1, -0.05) is 35.4 Å². The summed E-state index contributed by atoms with van der Waals surface area (Å²) in [6, 6.07) is 13.9. The molecule has 0 amide bonds. The van der Waals surface area contributed by atoms with Crippen LogP contribution < -0.4 is 10.1 Å². The third-order valence-electron chi connectivity index (χ3n) is 8.10. The van der Waals surface area contributed by atoms with Gasteiger partial charge >= 0.3 is 5.97 Å². The minimum atomic E-state index is -1.20. The number of hydrogen-bond donors (Lipinski definition) is 2. The minimum Gasteiger partial charge on any atom is -0.493 e. The fourth-order valence-electron chi connectivity index (χ4n) is 5.53. The van der Waals surface area contributed by atoms with Crippen molar-refractivity contribution >= 4 is 34.6 Å². The molecule has 10 nitrogen and oxygen atoms in total. The average molecular weight is 605 g/mol. The highest BCUT2D eigenvalue weighted by Gasteiger charge is 2.30. The van der Waals surface area contributed by atoms with E-state index >= 15 is 0 Å². The number of aryl methyl sites for hydroxylation is 1. The van der Waals surface area contributed by atoms with Crippen LogP contribution in [0.4, 0.5) is 5.82 Å². The number of nitrogens with zero attached hydrogens (tertiary/aromatic N) is 5. The van der Waals surface area contributed by atoms with E-state index in [-0.39, 0.29) is 11.9 Å². The van der Waals surface area contributed by atoms with Crippen LogP contribution >= 0.6 is 11.6 Å². The van der Waals surface area contributed by atoms with Gasteiger partial charge in [-0.3, -0.25) is 4.90 Å². The van der Waals surface area contributed by atoms with E-state index in [4.69, 9.17) is 26.1 Å². The molecule has 3 heterocycles. The Morgan fingerprint density at radius 1 is 1.14 bits per heavy atom. The standard InChI is InChI=1S/C32H37ClN6O4/c1-20-4-11-26(43-15-3-12-38-13-16-42-17-14-38)25(18-20)31-37-29-27(39(31)19-22-5-9-24(33)10-6-22)28(34-21(2)23-7-8-23)35-30(36-29)32(40)41/h4-6,9-11,18,21,23H,3,7-8,12-17,19H2,1-2H3,(H,40,41)(H,34,35,36). The van der Waals surface area contributed by atoms with Gasteiger partial charge in [-0.2, -0.15) is 0 Å². The molecule has 0 bridgehead atoms. The van der Waals surface area contributed by atoms with Gasteiger partial charge in [0.1, 0.15) is 17.1 Å². The molecular weight excluding hydrogens is 568 g/mol. The first-order chi connectivity index (χ1) is 20.9. The molecule has 2 fully saturated rings. The Bertz CT molecular complexity index is 1600. The molecule has 2 aliphatic rings. The highest BCUT2D eigenvalue weighted by atomic mass is 35.5. The molecule has 11 heteroatoms. The average Bonchev–Trinajstić information content (AvgIpc) is 3.80. The Morgan fingerprint density at radius 2 is 1.91 bits per heavy atom. The molecule has 1 saturated heterocycles. The summed E-state index contributed by atoms with van der Waals surface area (Å²) in [5.74, 6) is 0.861. The van der Waals surface area contributed by atoms with E-state index in [1.165, 1.54) is 0 Å². The fraction of sp³-hybridized carbons (Fsp3) is 0.438. The first kappa shape index (κ1) is 29.3. The Hall–Kier alpha value is -3.73. The van der Waals surface area contributed by atoms with E-state index in [0.29, 0.717) is 52.6 Å². The summed E-state index contributed by atoms with van der Waals surface area (Å²) < 4.78 is 13.9. The number of anilines is 1. The Labute approximate surface area is 256 Å². The number of nitrogens with one attached hydrogen (secondary N) is 1. The van der Waals surface area contributed by atoms with Crippen LogP contribution in [0.2, 0.25) is 5.02 Å². The van der Waals surface area contributed by atoms with Crippen LogP contribution in [0.3, 0.4) is 0 Å². The number of aromatic nitrogens is 4. The van der Waals surface area contributed by atoms with E-state index < -0.39 is 5.97 Å². The second-order valence-corrected chi connectivity index (χ2v) is 11.9. The topological polar surface area (TPSA) is 115 Å². The summed E-state index contributed by atoms with van der Waals surface area (Å²) in [6.07, 6.45) is 3.16. The minimum absolute atomic E-state index is 0.131. The summed E-state index contributed by atoms with van der Waals surface area (Å²) in [4.78, 5) is 28.2. The van der Waals surface area contributed by atoms with Gasteiger partial charge in [0.25, 0.3) is 0 Å². The molecule has 1 aliphatic heterocycles. The number of imidazole rings is 1. The third kappa shape index (κ3) is 6.92. The van der Waals surface area contributed by atoms with Crippen LogP contribution in [-0.2, 0) is 11.3 Å². The number of aromatic carboxylic acids is 1. The van der Waals surface area contributed by atoms with Gasteiger partial charge in [0, 0.05) is 37.2 Å². The number of ether oxygens (including phenoxy) is 2. The number of morpholine rings is 1. The van der Waals surface area contributed by atoms with Crippen LogP contribution in [0.25, 0.3) is 22.6 Å². The molecular formula is C32H37ClN6O4. The number of hydrogen-bond acceptors (Lipinski definition) is 8. The molecule has 2 N–H and O–H groups in total. The SMILES string of the molecule is Cc1ccc(OCCCN2CCOCC2)c(-c2nc3nc(C(=O)O)nc(NC(C)C4CC4)c3n2Cc2ccc(Cl)cc2)c1. The van der Waals surface area contributed by atoms with Gasteiger partial charge < -0.3 is 24.5 Å². The van der Waals surface area contributed by atoms with Gasteiger partial charge in [0.05, 0.1) is 25.4 Å². The molecule has 226 valence electrons. The van der Waals surface area contributed by atoms with Gasteiger partial charge in [-0.15, -0.1) is 0 Å².